The second-order valence-corrected chi connectivity index (χ2v) is 2.08. The quantitative estimate of drug-likeness (QED) is 0.485. The van der Waals surface area contributed by atoms with Crippen molar-refractivity contribution in [2.24, 2.45) is 10.7 Å². The van der Waals surface area contributed by atoms with Gasteiger partial charge < -0.3 is 5.73 Å². The summed E-state index contributed by atoms with van der Waals surface area (Å²) in [6, 6.07) is 0. The first kappa shape index (κ1) is 9.69. The lowest BCUT2D eigenvalue weighted by Crippen LogP contribution is -1.87. The van der Waals surface area contributed by atoms with Gasteiger partial charge in [0.2, 0.25) is 0 Å². The highest BCUT2D eigenvalue weighted by molar-refractivity contribution is 5.72. The highest BCUT2D eigenvalue weighted by atomic mass is 14.6. The molecule has 0 spiro atoms. The van der Waals surface area contributed by atoms with E-state index < -0.39 is 0 Å². The van der Waals surface area contributed by atoms with Crippen LogP contribution in [0.2, 0.25) is 0 Å². The molecule has 0 atom stereocenters. The van der Waals surface area contributed by atoms with E-state index in [2.05, 4.69) is 4.99 Å². The smallest absolute Gasteiger partial charge is 0.0267 e. The molecule has 0 aromatic rings. The molecule has 0 rings (SSSR count). The van der Waals surface area contributed by atoms with Crippen molar-refractivity contribution in [3.05, 3.63) is 36.2 Å². The Balaban J connectivity index is 3.69. The molecule has 11 heavy (non-hydrogen) atoms. The first-order valence-electron chi connectivity index (χ1n) is 3.50. The summed E-state index contributed by atoms with van der Waals surface area (Å²) in [4.78, 5) is 3.92. The summed E-state index contributed by atoms with van der Waals surface area (Å²) in [6.07, 6.45) is 10.8. The van der Waals surface area contributed by atoms with Crippen LogP contribution in [0.15, 0.2) is 41.2 Å². The summed E-state index contributed by atoms with van der Waals surface area (Å²) in [7, 11) is 0. The Hall–Kier alpha value is -1.31. The summed E-state index contributed by atoms with van der Waals surface area (Å²) >= 11 is 0. The third kappa shape index (κ3) is 8.69. The summed E-state index contributed by atoms with van der Waals surface area (Å²) in [6.45, 7) is 3.76. The van der Waals surface area contributed by atoms with Crippen molar-refractivity contribution in [2.75, 3.05) is 0 Å². The molecule has 0 radical (unpaired) electrons. The van der Waals surface area contributed by atoms with E-state index in [-0.39, 0.29) is 0 Å². The maximum absolute atomic E-state index is 5.38. The zero-order valence-corrected chi connectivity index (χ0v) is 6.99. The molecule has 0 saturated heterocycles. The summed E-state index contributed by atoms with van der Waals surface area (Å²) in [5.41, 5.74) is 6.18. The Morgan fingerprint density at radius 1 is 1.36 bits per heavy atom. The molecule has 2 nitrogen and oxygen atoms in total. The van der Waals surface area contributed by atoms with E-state index in [4.69, 9.17) is 5.73 Å². The Morgan fingerprint density at radius 2 is 2.09 bits per heavy atom. The average Bonchev–Trinajstić information content (AvgIpc) is 1.96. The van der Waals surface area contributed by atoms with E-state index in [1.54, 1.807) is 12.4 Å². The molecule has 2 heteroatoms. The number of nitrogens with two attached hydrogens (primary N) is 1. The molecule has 0 amide bonds. The van der Waals surface area contributed by atoms with Gasteiger partial charge in [-0.2, -0.15) is 0 Å². The van der Waals surface area contributed by atoms with Crippen LogP contribution in [-0.4, -0.2) is 6.21 Å². The highest BCUT2D eigenvalue weighted by Crippen LogP contribution is 1.80. The minimum Gasteiger partial charge on any atom is -0.402 e. The van der Waals surface area contributed by atoms with Gasteiger partial charge in [0.15, 0.2) is 0 Å². The maximum atomic E-state index is 5.38. The van der Waals surface area contributed by atoms with E-state index in [9.17, 15) is 0 Å². The van der Waals surface area contributed by atoms with Crippen LogP contribution in [0.25, 0.3) is 0 Å². The standard InChI is InChI=1S/C9H14N2/c1-3-7-11-8-5-4-6-9(2)10/h3-8H,10H2,1-2H3/b5-4?,7-3-,9-6?,11-8?. The molecule has 60 valence electrons. The van der Waals surface area contributed by atoms with Crippen LogP contribution in [0.4, 0.5) is 0 Å². The van der Waals surface area contributed by atoms with Gasteiger partial charge in [-0.05, 0) is 26.0 Å². The van der Waals surface area contributed by atoms with Crippen molar-refractivity contribution in [3.8, 4) is 0 Å². The SMILES string of the molecule is C/C=C\N=CC=CC=C(C)N. The van der Waals surface area contributed by atoms with Gasteiger partial charge in [-0.1, -0.05) is 12.2 Å². The van der Waals surface area contributed by atoms with Crippen LogP contribution in [-0.2, 0) is 0 Å². The number of rotatable bonds is 3. The minimum absolute atomic E-state index is 0.792. The van der Waals surface area contributed by atoms with Gasteiger partial charge in [-0.15, -0.1) is 0 Å². The highest BCUT2D eigenvalue weighted by Gasteiger charge is 1.67. The molecule has 0 unspecified atom stereocenters. The molecule has 0 bridgehead atoms. The van der Waals surface area contributed by atoms with Gasteiger partial charge in [0.1, 0.15) is 0 Å². The molecular formula is C9H14N2. The van der Waals surface area contributed by atoms with Gasteiger partial charge in [-0.3, -0.25) is 4.99 Å². The van der Waals surface area contributed by atoms with Crippen LogP contribution in [0.1, 0.15) is 13.8 Å². The van der Waals surface area contributed by atoms with Crippen molar-refractivity contribution in [2.45, 2.75) is 13.8 Å². The largest absolute Gasteiger partial charge is 0.402 e. The van der Waals surface area contributed by atoms with E-state index in [0.29, 0.717) is 0 Å². The Kier molecular flexibility index (Phi) is 5.99. The zero-order valence-electron chi connectivity index (χ0n) is 6.99. The Labute approximate surface area is 67.8 Å². The van der Waals surface area contributed by atoms with Crippen LogP contribution < -0.4 is 5.73 Å². The third-order valence-electron chi connectivity index (χ3n) is 0.877. The third-order valence-corrected chi connectivity index (χ3v) is 0.877. The normalized spacial score (nSPS) is 14.2. The molecule has 0 aliphatic heterocycles. The molecule has 0 heterocycles. The van der Waals surface area contributed by atoms with Crippen molar-refractivity contribution < 1.29 is 0 Å². The predicted molar refractivity (Wildman–Crippen MR) is 50.4 cm³/mol. The summed E-state index contributed by atoms with van der Waals surface area (Å²) in [5, 5.41) is 0. The topological polar surface area (TPSA) is 38.4 Å². The van der Waals surface area contributed by atoms with E-state index in [1.807, 2.05) is 38.2 Å². The first-order valence-corrected chi connectivity index (χ1v) is 3.50. The predicted octanol–water partition coefficient (Wildman–Crippen LogP) is 2.01. The molecular weight excluding hydrogens is 136 g/mol. The fourth-order valence-corrected chi connectivity index (χ4v) is 0.442. The lowest BCUT2D eigenvalue weighted by molar-refractivity contribution is 1.32. The molecule has 0 saturated carbocycles. The van der Waals surface area contributed by atoms with Crippen molar-refractivity contribution in [1.29, 1.82) is 0 Å². The van der Waals surface area contributed by atoms with Gasteiger partial charge in [0.05, 0.1) is 0 Å². The van der Waals surface area contributed by atoms with Crippen molar-refractivity contribution in [3.63, 3.8) is 0 Å². The first-order chi connectivity index (χ1) is 5.27. The molecule has 0 aromatic carbocycles. The van der Waals surface area contributed by atoms with Gasteiger partial charge in [0, 0.05) is 18.1 Å². The Morgan fingerprint density at radius 3 is 2.64 bits per heavy atom. The molecule has 2 N–H and O–H groups in total. The Bertz CT molecular complexity index is 194. The number of allylic oxidation sites excluding steroid dienone is 5. The van der Waals surface area contributed by atoms with Crippen LogP contribution >= 0.6 is 0 Å². The molecule has 0 fully saturated rings. The lowest BCUT2D eigenvalue weighted by atomic mass is 10.4. The summed E-state index contributed by atoms with van der Waals surface area (Å²) in [5.74, 6) is 0. The van der Waals surface area contributed by atoms with Gasteiger partial charge in [0.25, 0.3) is 0 Å². The van der Waals surface area contributed by atoms with Gasteiger partial charge in [-0.25, -0.2) is 0 Å². The maximum Gasteiger partial charge on any atom is 0.0267 e. The fraction of sp³-hybridized carbons (Fsp3) is 0.222. The summed E-state index contributed by atoms with van der Waals surface area (Å²) < 4.78 is 0. The molecule has 0 aromatic heterocycles. The van der Waals surface area contributed by atoms with Crippen LogP contribution in [0, 0.1) is 0 Å². The molecule has 0 aliphatic rings. The molecule has 0 aliphatic carbocycles. The van der Waals surface area contributed by atoms with Crippen molar-refractivity contribution >= 4 is 6.21 Å². The lowest BCUT2D eigenvalue weighted by Gasteiger charge is -1.80. The second-order valence-electron chi connectivity index (χ2n) is 2.08. The number of aliphatic imine (C=N–C) groups is 1. The van der Waals surface area contributed by atoms with Crippen LogP contribution in [0.3, 0.4) is 0 Å². The van der Waals surface area contributed by atoms with Crippen molar-refractivity contribution in [1.82, 2.24) is 0 Å². The zero-order chi connectivity index (χ0) is 8.53. The van der Waals surface area contributed by atoms with E-state index in [0.717, 1.165) is 5.70 Å². The number of hydrogen-bond donors (Lipinski definition) is 1. The number of nitrogens with zero attached hydrogens (tertiary/aromatic N) is 1. The van der Waals surface area contributed by atoms with Crippen LogP contribution in [0.5, 0.6) is 0 Å². The van der Waals surface area contributed by atoms with Gasteiger partial charge >= 0.3 is 0 Å². The van der Waals surface area contributed by atoms with E-state index in [1.165, 1.54) is 0 Å². The fourth-order valence-electron chi connectivity index (χ4n) is 0.442. The number of hydrogen-bond acceptors (Lipinski definition) is 2. The van der Waals surface area contributed by atoms with E-state index >= 15 is 0 Å². The average molecular weight is 150 g/mol. The monoisotopic (exact) mass is 150 g/mol. The minimum atomic E-state index is 0.792. The second kappa shape index (κ2) is 6.81.